The largest absolute Gasteiger partial charge is 0.432 e. The molecule has 2 saturated carbocycles. The molecule has 0 aromatic heterocycles. The van der Waals surface area contributed by atoms with Crippen LogP contribution in [0.5, 0.6) is 5.75 Å². The van der Waals surface area contributed by atoms with Crippen LogP contribution in [0.25, 0.3) is 0 Å². The molecule has 1 aromatic carbocycles. The minimum atomic E-state index is -3.57. The highest BCUT2D eigenvalue weighted by atomic mass is 19.3. The monoisotopic (exact) mass is 424 g/mol. The van der Waals surface area contributed by atoms with Gasteiger partial charge in [-0.1, -0.05) is 0 Å². The van der Waals surface area contributed by atoms with Gasteiger partial charge in [0.2, 0.25) is 0 Å². The first kappa shape index (κ1) is 20.8. The molecule has 0 amide bonds. The third kappa shape index (κ3) is 4.38. The number of benzene rings is 1. The van der Waals surface area contributed by atoms with Gasteiger partial charge in [-0.15, -0.1) is 0 Å². The predicted molar refractivity (Wildman–Crippen MR) is 98.2 cm³/mol. The summed E-state index contributed by atoms with van der Waals surface area (Å²) < 4.78 is 84.7. The van der Waals surface area contributed by atoms with Crippen LogP contribution in [0.2, 0.25) is 0 Å². The van der Waals surface area contributed by atoms with Crippen molar-refractivity contribution in [2.24, 2.45) is 17.8 Å². The number of hydrogen-bond acceptors (Lipinski definition) is 3. The van der Waals surface area contributed by atoms with E-state index in [1.807, 2.05) is 0 Å². The SMILES string of the molecule is Fc1cc(OC(F)(F)C2CCC(C3CCC4(CC3)OCCO4)CC2)cc(F)c1F.[HH].[HH]. The third-order valence-electron chi connectivity index (χ3n) is 6.73. The van der Waals surface area contributed by atoms with Crippen molar-refractivity contribution in [2.45, 2.75) is 63.3 Å². The van der Waals surface area contributed by atoms with Crippen molar-refractivity contribution < 1.29 is 39.0 Å². The van der Waals surface area contributed by atoms with Gasteiger partial charge in [-0.05, 0) is 50.4 Å². The van der Waals surface area contributed by atoms with Gasteiger partial charge in [0, 0.05) is 27.8 Å². The summed E-state index contributed by atoms with van der Waals surface area (Å²) in [7, 11) is 0. The highest BCUT2D eigenvalue weighted by molar-refractivity contribution is 5.25. The molecule has 0 N–H and O–H groups in total. The van der Waals surface area contributed by atoms with Crippen molar-refractivity contribution in [3.8, 4) is 5.75 Å². The average molecular weight is 424 g/mol. The molecule has 1 aromatic rings. The molecule has 1 aliphatic heterocycles. The van der Waals surface area contributed by atoms with Crippen LogP contribution in [0.15, 0.2) is 12.1 Å². The van der Waals surface area contributed by atoms with Crippen LogP contribution in [-0.4, -0.2) is 25.1 Å². The Morgan fingerprint density at radius 3 is 1.93 bits per heavy atom. The summed E-state index contributed by atoms with van der Waals surface area (Å²) in [6.45, 7) is 1.26. The Morgan fingerprint density at radius 2 is 1.38 bits per heavy atom. The van der Waals surface area contributed by atoms with Crippen molar-refractivity contribution in [3.05, 3.63) is 29.6 Å². The molecule has 1 spiro atoms. The van der Waals surface area contributed by atoms with E-state index in [-0.39, 0.29) is 15.7 Å². The first-order valence-electron chi connectivity index (χ1n) is 10.3. The zero-order valence-corrected chi connectivity index (χ0v) is 16.1. The van der Waals surface area contributed by atoms with E-state index in [0.29, 0.717) is 50.0 Å². The van der Waals surface area contributed by atoms with Crippen LogP contribution in [0.4, 0.5) is 22.0 Å². The fraction of sp³-hybridized carbons (Fsp3) is 0.714. The van der Waals surface area contributed by atoms with Crippen molar-refractivity contribution in [1.82, 2.24) is 0 Å². The van der Waals surface area contributed by atoms with Crippen molar-refractivity contribution >= 4 is 0 Å². The van der Waals surface area contributed by atoms with E-state index in [1.165, 1.54) is 0 Å². The smallest absolute Gasteiger partial charge is 0.400 e. The lowest BCUT2D eigenvalue weighted by Crippen LogP contribution is -2.40. The number of alkyl halides is 2. The Balaban J connectivity index is 0.00000171. The van der Waals surface area contributed by atoms with Gasteiger partial charge in [-0.25, -0.2) is 13.2 Å². The summed E-state index contributed by atoms with van der Waals surface area (Å²) in [5.41, 5.74) is 0. The van der Waals surface area contributed by atoms with Crippen LogP contribution < -0.4 is 4.74 Å². The van der Waals surface area contributed by atoms with Crippen molar-refractivity contribution in [2.75, 3.05) is 13.2 Å². The highest BCUT2D eigenvalue weighted by Crippen LogP contribution is 2.47. The molecule has 1 heterocycles. The third-order valence-corrected chi connectivity index (χ3v) is 6.73. The Morgan fingerprint density at radius 1 is 0.862 bits per heavy atom. The lowest BCUT2D eigenvalue weighted by Gasteiger charge is -2.41. The highest BCUT2D eigenvalue weighted by Gasteiger charge is 2.47. The molecule has 0 atom stereocenters. The van der Waals surface area contributed by atoms with E-state index in [2.05, 4.69) is 4.74 Å². The van der Waals surface area contributed by atoms with Gasteiger partial charge < -0.3 is 14.2 Å². The van der Waals surface area contributed by atoms with Crippen LogP contribution in [0.3, 0.4) is 0 Å². The van der Waals surface area contributed by atoms with E-state index >= 15 is 0 Å². The van der Waals surface area contributed by atoms with Crippen LogP contribution in [-0.2, 0) is 9.47 Å². The first-order valence-corrected chi connectivity index (χ1v) is 10.3. The molecule has 1 saturated heterocycles. The van der Waals surface area contributed by atoms with E-state index < -0.39 is 41.0 Å². The van der Waals surface area contributed by atoms with Gasteiger partial charge in [0.25, 0.3) is 0 Å². The normalized spacial score (nSPS) is 28.0. The fourth-order valence-corrected chi connectivity index (χ4v) is 5.10. The summed E-state index contributed by atoms with van der Waals surface area (Å²) in [6.07, 6.45) is 1.94. The minimum Gasteiger partial charge on any atom is -0.432 e. The number of hydrogen-bond donors (Lipinski definition) is 0. The second-order valence-corrected chi connectivity index (χ2v) is 8.42. The van der Waals surface area contributed by atoms with Gasteiger partial charge in [-0.2, -0.15) is 8.78 Å². The molecule has 3 nitrogen and oxygen atoms in total. The van der Waals surface area contributed by atoms with E-state index in [1.54, 1.807) is 0 Å². The summed E-state index contributed by atoms with van der Waals surface area (Å²) >= 11 is 0. The molecular formula is C21H29F5O3. The molecule has 0 bridgehead atoms. The number of ether oxygens (including phenoxy) is 3. The van der Waals surface area contributed by atoms with Gasteiger partial charge in [0.05, 0.1) is 19.1 Å². The molecule has 0 unspecified atom stereocenters. The van der Waals surface area contributed by atoms with Gasteiger partial charge in [-0.3, -0.25) is 0 Å². The second kappa shape index (κ2) is 8.02. The maximum Gasteiger partial charge on any atom is 0.400 e. The number of halogens is 5. The lowest BCUT2D eigenvalue weighted by molar-refractivity contribution is -0.225. The summed E-state index contributed by atoms with van der Waals surface area (Å²) in [5, 5.41) is 0. The lowest BCUT2D eigenvalue weighted by atomic mass is 9.70. The Hall–Kier alpha value is -1.41. The van der Waals surface area contributed by atoms with Crippen molar-refractivity contribution in [1.29, 1.82) is 0 Å². The van der Waals surface area contributed by atoms with E-state index in [4.69, 9.17) is 9.47 Å². The maximum atomic E-state index is 14.5. The number of rotatable bonds is 4. The molecule has 0 radical (unpaired) electrons. The molecular weight excluding hydrogens is 395 g/mol. The summed E-state index contributed by atoms with van der Waals surface area (Å²) in [6, 6.07) is 0.895. The van der Waals surface area contributed by atoms with Crippen LogP contribution in [0.1, 0.15) is 54.2 Å². The van der Waals surface area contributed by atoms with Crippen LogP contribution in [0, 0.1) is 35.2 Å². The molecule has 166 valence electrons. The topological polar surface area (TPSA) is 27.7 Å². The Kier molecular flexibility index (Phi) is 5.77. The molecule has 29 heavy (non-hydrogen) atoms. The van der Waals surface area contributed by atoms with E-state index in [0.717, 1.165) is 25.7 Å². The van der Waals surface area contributed by atoms with Gasteiger partial charge in [0.15, 0.2) is 23.2 Å². The maximum absolute atomic E-state index is 14.5. The fourth-order valence-electron chi connectivity index (χ4n) is 5.10. The standard InChI is InChI=1S/C21H25F5O3.2H2/c22-17-11-16(12-18(23)19(17)24)29-21(25,26)15-3-1-13(2-4-15)14-5-7-20(8-6-14)27-9-10-28-20;;/h11-15H,1-10H2;2*1H. The minimum absolute atomic E-state index is 0. The average Bonchev–Trinajstić information content (AvgIpc) is 3.14. The summed E-state index contributed by atoms with van der Waals surface area (Å²) in [5.74, 6) is -6.12. The predicted octanol–water partition coefficient (Wildman–Crippen LogP) is 6.31. The van der Waals surface area contributed by atoms with Gasteiger partial charge >= 0.3 is 6.11 Å². The zero-order valence-electron chi connectivity index (χ0n) is 16.1. The van der Waals surface area contributed by atoms with Crippen LogP contribution >= 0.6 is 0 Å². The van der Waals surface area contributed by atoms with Gasteiger partial charge in [0.1, 0.15) is 5.75 Å². The quantitative estimate of drug-likeness (QED) is 0.419. The zero-order chi connectivity index (χ0) is 20.6. The Bertz CT molecular complexity index is 705. The van der Waals surface area contributed by atoms with Crippen molar-refractivity contribution in [3.63, 3.8) is 0 Å². The first-order chi connectivity index (χ1) is 13.8. The molecule has 3 fully saturated rings. The molecule has 3 aliphatic rings. The summed E-state index contributed by atoms with van der Waals surface area (Å²) in [4.78, 5) is 0. The Labute approximate surface area is 169 Å². The second-order valence-electron chi connectivity index (χ2n) is 8.42. The molecule has 2 aliphatic carbocycles. The molecule has 4 rings (SSSR count). The van der Waals surface area contributed by atoms with E-state index in [9.17, 15) is 22.0 Å². The molecule has 8 heteroatoms.